The van der Waals surface area contributed by atoms with Gasteiger partial charge in [0, 0.05) is 22.4 Å². The van der Waals surface area contributed by atoms with E-state index in [9.17, 15) is 9.90 Å². The van der Waals surface area contributed by atoms with E-state index in [0.29, 0.717) is 15.7 Å². The lowest BCUT2D eigenvalue weighted by Gasteiger charge is -2.35. The number of aliphatic carboxylic acids is 1. The highest BCUT2D eigenvalue weighted by Crippen LogP contribution is 2.49. The zero-order chi connectivity index (χ0) is 12.9. The van der Waals surface area contributed by atoms with Gasteiger partial charge in [0.05, 0.1) is 10.7 Å². The first-order chi connectivity index (χ1) is 8.59. The second-order valence-electron chi connectivity index (χ2n) is 4.63. The molecule has 0 amide bonds. The zero-order valence-corrected chi connectivity index (χ0v) is 10.9. The van der Waals surface area contributed by atoms with Gasteiger partial charge < -0.3 is 10.4 Å². The first-order valence-electron chi connectivity index (χ1n) is 5.73. The number of fused-ring (bicyclic) bond motifs is 3. The van der Waals surface area contributed by atoms with E-state index in [1.807, 2.05) is 12.2 Å². The number of rotatable bonds is 1. The van der Waals surface area contributed by atoms with Crippen LogP contribution in [0.3, 0.4) is 0 Å². The van der Waals surface area contributed by atoms with Gasteiger partial charge in [0.15, 0.2) is 0 Å². The second kappa shape index (κ2) is 4.18. The first kappa shape index (κ1) is 11.9. The minimum atomic E-state index is -0.851. The van der Waals surface area contributed by atoms with Crippen molar-refractivity contribution in [3.63, 3.8) is 0 Å². The largest absolute Gasteiger partial charge is 0.480 e. The van der Waals surface area contributed by atoms with Gasteiger partial charge in [0.2, 0.25) is 0 Å². The van der Waals surface area contributed by atoms with E-state index >= 15 is 0 Å². The fourth-order valence-corrected chi connectivity index (χ4v) is 3.38. The molecule has 0 radical (unpaired) electrons. The van der Waals surface area contributed by atoms with E-state index < -0.39 is 12.0 Å². The minimum Gasteiger partial charge on any atom is -0.480 e. The molecular formula is C13H11Cl2NO2. The van der Waals surface area contributed by atoms with E-state index in [2.05, 4.69) is 5.32 Å². The fourth-order valence-electron chi connectivity index (χ4n) is 2.87. The number of carboxylic acid groups (broad SMARTS) is 1. The number of hydrogen-bond acceptors (Lipinski definition) is 2. The summed E-state index contributed by atoms with van der Waals surface area (Å²) in [7, 11) is 0. The lowest BCUT2D eigenvalue weighted by Crippen LogP contribution is -2.42. The minimum absolute atomic E-state index is 0.00552. The smallest absolute Gasteiger partial charge is 0.326 e. The van der Waals surface area contributed by atoms with Gasteiger partial charge in [-0.05, 0) is 18.6 Å². The summed E-state index contributed by atoms with van der Waals surface area (Å²) < 4.78 is 0. The molecule has 94 valence electrons. The molecule has 0 saturated carbocycles. The molecule has 1 aliphatic carbocycles. The van der Waals surface area contributed by atoms with E-state index in [1.165, 1.54) is 0 Å². The van der Waals surface area contributed by atoms with Crippen molar-refractivity contribution in [1.29, 1.82) is 0 Å². The van der Waals surface area contributed by atoms with Crippen LogP contribution in [0.1, 0.15) is 17.9 Å². The molecule has 3 nitrogen and oxygen atoms in total. The van der Waals surface area contributed by atoms with Gasteiger partial charge in [-0.15, -0.1) is 0 Å². The third-order valence-corrected chi connectivity index (χ3v) is 4.33. The van der Waals surface area contributed by atoms with Crippen LogP contribution >= 0.6 is 23.2 Å². The Kier molecular flexibility index (Phi) is 2.76. The quantitative estimate of drug-likeness (QED) is 0.775. The predicted octanol–water partition coefficient (Wildman–Crippen LogP) is 3.53. The van der Waals surface area contributed by atoms with Crippen molar-refractivity contribution in [2.75, 3.05) is 5.32 Å². The number of nitrogens with one attached hydrogen (secondary N) is 1. The monoisotopic (exact) mass is 283 g/mol. The molecule has 2 aliphatic rings. The first-order valence-corrected chi connectivity index (χ1v) is 6.49. The summed E-state index contributed by atoms with van der Waals surface area (Å²) in [4.78, 5) is 11.3. The molecule has 0 saturated heterocycles. The Morgan fingerprint density at radius 1 is 1.33 bits per heavy atom. The van der Waals surface area contributed by atoms with Crippen molar-refractivity contribution in [1.82, 2.24) is 0 Å². The molecule has 3 rings (SSSR count). The molecule has 0 bridgehead atoms. The number of benzene rings is 1. The topological polar surface area (TPSA) is 49.3 Å². The molecule has 0 fully saturated rings. The number of hydrogen-bond donors (Lipinski definition) is 2. The van der Waals surface area contributed by atoms with E-state index in [4.69, 9.17) is 23.2 Å². The van der Waals surface area contributed by atoms with Crippen LogP contribution in [-0.2, 0) is 4.79 Å². The molecule has 1 heterocycles. The average molecular weight is 284 g/mol. The summed E-state index contributed by atoms with van der Waals surface area (Å²) in [5, 5.41) is 13.5. The molecular weight excluding hydrogens is 273 g/mol. The number of carbonyl (C=O) groups is 1. The summed E-state index contributed by atoms with van der Waals surface area (Å²) in [6.07, 6.45) is 4.79. The van der Waals surface area contributed by atoms with Crippen LogP contribution in [0, 0.1) is 5.92 Å². The molecule has 2 N–H and O–H groups in total. The standard InChI is InChI=1S/C13H11Cl2NO2/c14-8-4-5-9(15)12-10(8)6-2-1-3-7(6)11(16-12)13(17)18/h1-2,4-7,11,16H,3H2,(H,17,18)/t6-,7+,11-/m0/s1. The number of allylic oxidation sites excluding steroid dienone is 2. The Hall–Kier alpha value is -1.19. The second-order valence-corrected chi connectivity index (χ2v) is 5.45. The van der Waals surface area contributed by atoms with E-state index in [-0.39, 0.29) is 11.8 Å². The van der Waals surface area contributed by atoms with Crippen LogP contribution in [0.2, 0.25) is 10.0 Å². The molecule has 3 atom stereocenters. The Morgan fingerprint density at radius 3 is 2.78 bits per heavy atom. The summed E-state index contributed by atoms with van der Waals surface area (Å²) in [6, 6.07) is 2.83. The van der Waals surface area contributed by atoms with E-state index in [1.54, 1.807) is 12.1 Å². The van der Waals surface area contributed by atoms with Gasteiger partial charge in [0.25, 0.3) is 0 Å². The average Bonchev–Trinajstić information content (AvgIpc) is 2.81. The molecule has 0 spiro atoms. The molecule has 0 aromatic heterocycles. The van der Waals surface area contributed by atoms with Crippen molar-refractivity contribution in [2.45, 2.75) is 18.4 Å². The molecule has 1 aliphatic heterocycles. The fraction of sp³-hybridized carbons (Fsp3) is 0.308. The van der Waals surface area contributed by atoms with Crippen LogP contribution in [0.4, 0.5) is 5.69 Å². The zero-order valence-electron chi connectivity index (χ0n) is 9.36. The van der Waals surface area contributed by atoms with Crippen molar-refractivity contribution in [2.24, 2.45) is 5.92 Å². The lowest BCUT2D eigenvalue weighted by atomic mass is 9.79. The molecule has 1 aromatic rings. The summed E-state index contributed by atoms with van der Waals surface area (Å²) in [6.45, 7) is 0. The van der Waals surface area contributed by atoms with Crippen LogP contribution in [0.5, 0.6) is 0 Å². The Bertz CT molecular complexity index is 556. The number of carboxylic acids is 1. The van der Waals surface area contributed by atoms with Gasteiger partial charge in [-0.2, -0.15) is 0 Å². The maximum absolute atomic E-state index is 11.3. The Labute approximate surface area is 114 Å². The van der Waals surface area contributed by atoms with Gasteiger partial charge in [-0.3, -0.25) is 0 Å². The molecule has 1 aromatic carbocycles. The van der Waals surface area contributed by atoms with Crippen molar-refractivity contribution < 1.29 is 9.90 Å². The predicted molar refractivity (Wildman–Crippen MR) is 71.5 cm³/mol. The van der Waals surface area contributed by atoms with Crippen molar-refractivity contribution in [3.05, 3.63) is 39.9 Å². The highest BCUT2D eigenvalue weighted by Gasteiger charge is 2.42. The van der Waals surface area contributed by atoms with Crippen LogP contribution in [0.15, 0.2) is 24.3 Å². The number of halogens is 2. The van der Waals surface area contributed by atoms with E-state index in [0.717, 1.165) is 12.0 Å². The molecule has 0 unspecified atom stereocenters. The third kappa shape index (κ3) is 1.62. The molecule has 18 heavy (non-hydrogen) atoms. The maximum Gasteiger partial charge on any atom is 0.326 e. The highest BCUT2D eigenvalue weighted by atomic mass is 35.5. The molecule has 5 heteroatoms. The van der Waals surface area contributed by atoms with Gasteiger partial charge >= 0.3 is 5.97 Å². The summed E-state index contributed by atoms with van der Waals surface area (Å²) >= 11 is 12.4. The summed E-state index contributed by atoms with van der Waals surface area (Å²) in [5.41, 5.74) is 1.57. The van der Waals surface area contributed by atoms with Crippen LogP contribution in [-0.4, -0.2) is 17.1 Å². The summed E-state index contributed by atoms with van der Waals surface area (Å²) in [5.74, 6) is -0.810. The van der Waals surface area contributed by atoms with Crippen molar-refractivity contribution >= 4 is 34.9 Å². The Morgan fingerprint density at radius 2 is 2.06 bits per heavy atom. The van der Waals surface area contributed by atoms with Crippen LogP contribution in [0.25, 0.3) is 0 Å². The van der Waals surface area contributed by atoms with Gasteiger partial charge in [-0.1, -0.05) is 35.4 Å². The van der Waals surface area contributed by atoms with Crippen LogP contribution < -0.4 is 5.32 Å². The lowest BCUT2D eigenvalue weighted by molar-refractivity contribution is -0.139. The maximum atomic E-state index is 11.3. The number of anilines is 1. The van der Waals surface area contributed by atoms with Gasteiger partial charge in [-0.25, -0.2) is 4.79 Å². The normalized spacial score (nSPS) is 28.4. The van der Waals surface area contributed by atoms with Crippen molar-refractivity contribution in [3.8, 4) is 0 Å². The SMILES string of the molecule is O=C(O)[C@H]1Nc2c(Cl)ccc(Cl)c2[C@H]2C=CC[C@@H]12. The Balaban J connectivity index is 2.17. The van der Waals surface area contributed by atoms with Gasteiger partial charge in [0.1, 0.15) is 6.04 Å². The highest BCUT2D eigenvalue weighted by molar-refractivity contribution is 6.36. The third-order valence-electron chi connectivity index (χ3n) is 3.68.